The Morgan fingerprint density at radius 2 is 2.21 bits per heavy atom. The van der Waals surface area contributed by atoms with Crippen molar-refractivity contribution in [2.75, 3.05) is 11.3 Å². The molecule has 0 bridgehead atoms. The van der Waals surface area contributed by atoms with Crippen LogP contribution in [0.3, 0.4) is 0 Å². The van der Waals surface area contributed by atoms with Gasteiger partial charge >= 0.3 is 0 Å². The van der Waals surface area contributed by atoms with Gasteiger partial charge in [-0.25, -0.2) is 4.98 Å². The summed E-state index contributed by atoms with van der Waals surface area (Å²) in [5.41, 5.74) is 0.425. The molecule has 1 aromatic heterocycles. The Morgan fingerprint density at radius 3 is 2.71 bits per heavy atom. The van der Waals surface area contributed by atoms with Crippen LogP contribution in [0.25, 0.3) is 0 Å². The fraction of sp³-hybridized carbons (Fsp3) is 0.286. The first kappa shape index (κ1) is 11.4. The minimum absolute atomic E-state index is 0.347. The Bertz CT molecular complexity index is 390. The van der Waals surface area contributed by atoms with Crippen LogP contribution in [-0.4, -0.2) is 19.9 Å². The first-order valence-corrected chi connectivity index (χ1v) is 6.20. The molecule has 0 aliphatic carbocycles. The monoisotopic (exact) mass is 279 g/mol. The molecule has 1 rings (SSSR count). The lowest BCUT2D eigenvalue weighted by atomic mass is 10.4. The van der Waals surface area contributed by atoms with E-state index in [9.17, 15) is 8.42 Å². The van der Waals surface area contributed by atoms with E-state index in [1.807, 2.05) is 0 Å². The SMILES string of the molecule is CCNS(=O)(=O)Nc1ccc(Br)nc1. The second kappa shape index (κ2) is 4.72. The van der Waals surface area contributed by atoms with Crippen LogP contribution in [0.4, 0.5) is 5.69 Å². The van der Waals surface area contributed by atoms with E-state index in [-0.39, 0.29) is 0 Å². The van der Waals surface area contributed by atoms with Crippen LogP contribution < -0.4 is 9.44 Å². The molecule has 1 heterocycles. The van der Waals surface area contributed by atoms with Crippen molar-refractivity contribution in [3.63, 3.8) is 0 Å². The Balaban J connectivity index is 2.74. The summed E-state index contributed by atoms with van der Waals surface area (Å²) >= 11 is 3.15. The van der Waals surface area contributed by atoms with Gasteiger partial charge in [-0.3, -0.25) is 4.72 Å². The molecule has 0 radical (unpaired) electrons. The summed E-state index contributed by atoms with van der Waals surface area (Å²) in [5.74, 6) is 0. The molecule has 0 amide bonds. The highest BCUT2D eigenvalue weighted by molar-refractivity contribution is 9.10. The van der Waals surface area contributed by atoms with Crippen LogP contribution in [0.1, 0.15) is 6.92 Å². The molecule has 2 N–H and O–H groups in total. The standard InChI is InChI=1S/C7H10BrN3O2S/c1-2-10-14(12,13)11-6-3-4-7(8)9-5-6/h3-5,10-11H,2H2,1H3. The number of hydrogen-bond donors (Lipinski definition) is 2. The molecule has 0 fully saturated rings. The molecular formula is C7H10BrN3O2S. The van der Waals surface area contributed by atoms with Gasteiger partial charge in [0.1, 0.15) is 4.60 Å². The van der Waals surface area contributed by atoms with Gasteiger partial charge in [0.25, 0.3) is 10.2 Å². The normalized spacial score (nSPS) is 11.3. The van der Waals surface area contributed by atoms with E-state index in [1.165, 1.54) is 6.20 Å². The van der Waals surface area contributed by atoms with Gasteiger partial charge in [-0.15, -0.1) is 0 Å². The molecule has 0 unspecified atom stereocenters. The quantitative estimate of drug-likeness (QED) is 0.812. The van der Waals surface area contributed by atoms with E-state index >= 15 is 0 Å². The van der Waals surface area contributed by atoms with Crippen LogP contribution in [0, 0.1) is 0 Å². The van der Waals surface area contributed by atoms with Crippen molar-refractivity contribution >= 4 is 31.8 Å². The molecule has 7 heteroatoms. The third-order valence-electron chi connectivity index (χ3n) is 1.31. The van der Waals surface area contributed by atoms with Crippen LogP contribution in [-0.2, 0) is 10.2 Å². The molecule has 0 saturated carbocycles. The summed E-state index contributed by atoms with van der Waals surface area (Å²) in [6.07, 6.45) is 1.43. The molecule has 14 heavy (non-hydrogen) atoms. The van der Waals surface area contributed by atoms with Gasteiger partial charge in [0.05, 0.1) is 11.9 Å². The fourth-order valence-corrected chi connectivity index (χ4v) is 1.94. The highest BCUT2D eigenvalue weighted by Crippen LogP contribution is 2.10. The van der Waals surface area contributed by atoms with Crippen molar-refractivity contribution in [3.8, 4) is 0 Å². The van der Waals surface area contributed by atoms with Gasteiger partial charge in [0, 0.05) is 6.54 Å². The second-order valence-electron chi connectivity index (χ2n) is 2.47. The van der Waals surface area contributed by atoms with Gasteiger partial charge in [-0.2, -0.15) is 13.1 Å². The lowest BCUT2D eigenvalue weighted by molar-refractivity contribution is 0.589. The highest BCUT2D eigenvalue weighted by atomic mass is 79.9. The van der Waals surface area contributed by atoms with Crippen molar-refractivity contribution in [2.45, 2.75) is 6.92 Å². The van der Waals surface area contributed by atoms with Gasteiger partial charge in [0.2, 0.25) is 0 Å². The van der Waals surface area contributed by atoms with Crippen LogP contribution in [0.15, 0.2) is 22.9 Å². The number of halogens is 1. The number of pyridine rings is 1. The van der Waals surface area contributed by atoms with Crippen LogP contribution in [0.2, 0.25) is 0 Å². The molecule has 78 valence electrons. The molecule has 0 aliphatic rings. The zero-order chi connectivity index (χ0) is 10.6. The van der Waals surface area contributed by atoms with Crippen molar-refractivity contribution in [1.29, 1.82) is 0 Å². The van der Waals surface area contributed by atoms with E-state index < -0.39 is 10.2 Å². The third kappa shape index (κ3) is 3.60. The zero-order valence-corrected chi connectivity index (χ0v) is 9.89. The first-order valence-electron chi connectivity index (χ1n) is 3.92. The van der Waals surface area contributed by atoms with Crippen molar-refractivity contribution in [3.05, 3.63) is 22.9 Å². The average Bonchev–Trinajstić information content (AvgIpc) is 2.08. The van der Waals surface area contributed by atoms with Gasteiger partial charge in [-0.05, 0) is 28.1 Å². The van der Waals surface area contributed by atoms with Crippen molar-refractivity contribution in [2.24, 2.45) is 0 Å². The lowest BCUT2D eigenvalue weighted by Gasteiger charge is -2.06. The van der Waals surface area contributed by atoms with E-state index in [1.54, 1.807) is 19.1 Å². The van der Waals surface area contributed by atoms with E-state index in [0.29, 0.717) is 16.8 Å². The van der Waals surface area contributed by atoms with Gasteiger partial charge in [0.15, 0.2) is 0 Å². The van der Waals surface area contributed by atoms with Gasteiger partial charge in [-0.1, -0.05) is 6.92 Å². The maximum atomic E-state index is 11.2. The summed E-state index contributed by atoms with van der Waals surface area (Å²) < 4.78 is 27.7. The maximum absolute atomic E-state index is 11.2. The fourth-order valence-electron chi connectivity index (χ4n) is 0.817. The van der Waals surface area contributed by atoms with E-state index in [0.717, 1.165) is 0 Å². The number of aromatic nitrogens is 1. The predicted molar refractivity (Wildman–Crippen MR) is 58.2 cm³/mol. The predicted octanol–water partition coefficient (Wildman–Crippen LogP) is 1.11. The summed E-state index contributed by atoms with van der Waals surface area (Å²) in [4.78, 5) is 3.89. The van der Waals surface area contributed by atoms with Crippen LogP contribution in [0.5, 0.6) is 0 Å². The Morgan fingerprint density at radius 1 is 1.50 bits per heavy atom. The largest absolute Gasteiger partial charge is 0.299 e. The summed E-state index contributed by atoms with van der Waals surface area (Å²) in [7, 11) is -3.45. The molecule has 0 aromatic carbocycles. The Labute approximate surface area is 91.2 Å². The molecule has 0 atom stereocenters. The highest BCUT2D eigenvalue weighted by Gasteiger charge is 2.07. The molecular weight excluding hydrogens is 270 g/mol. The number of nitrogens with zero attached hydrogens (tertiary/aromatic N) is 1. The summed E-state index contributed by atoms with van der Waals surface area (Å²) in [5, 5.41) is 0. The molecule has 1 aromatic rings. The Hall–Kier alpha value is -0.660. The minimum Gasteiger partial charge on any atom is -0.270 e. The summed E-state index contributed by atoms with van der Waals surface area (Å²) in [6, 6.07) is 3.27. The second-order valence-corrected chi connectivity index (χ2v) is 4.79. The van der Waals surface area contributed by atoms with Crippen molar-refractivity contribution in [1.82, 2.24) is 9.71 Å². The number of rotatable bonds is 4. The average molecular weight is 280 g/mol. The third-order valence-corrected chi connectivity index (χ3v) is 2.96. The molecule has 0 aliphatic heterocycles. The minimum atomic E-state index is -3.45. The van der Waals surface area contributed by atoms with Crippen LogP contribution >= 0.6 is 15.9 Å². The van der Waals surface area contributed by atoms with Gasteiger partial charge < -0.3 is 0 Å². The molecule has 5 nitrogen and oxygen atoms in total. The molecule has 0 saturated heterocycles. The number of hydrogen-bond acceptors (Lipinski definition) is 3. The molecule has 0 spiro atoms. The van der Waals surface area contributed by atoms with E-state index in [4.69, 9.17) is 0 Å². The van der Waals surface area contributed by atoms with E-state index in [2.05, 4.69) is 30.4 Å². The smallest absolute Gasteiger partial charge is 0.270 e. The van der Waals surface area contributed by atoms with Crippen molar-refractivity contribution < 1.29 is 8.42 Å². The zero-order valence-electron chi connectivity index (χ0n) is 7.49. The number of nitrogens with one attached hydrogen (secondary N) is 2. The lowest BCUT2D eigenvalue weighted by Crippen LogP contribution is -2.29. The number of anilines is 1. The summed E-state index contributed by atoms with van der Waals surface area (Å²) in [6.45, 7) is 2.05. The maximum Gasteiger partial charge on any atom is 0.299 e. The first-order chi connectivity index (χ1) is 6.53. The topological polar surface area (TPSA) is 71.1 Å². The Kier molecular flexibility index (Phi) is 3.85.